The summed E-state index contributed by atoms with van der Waals surface area (Å²) in [4.78, 5) is 2.55. The van der Waals surface area contributed by atoms with Gasteiger partial charge in [-0.1, -0.05) is 31.2 Å². The van der Waals surface area contributed by atoms with E-state index >= 15 is 0 Å². The van der Waals surface area contributed by atoms with Crippen LogP contribution in [-0.2, 0) is 17.8 Å². The summed E-state index contributed by atoms with van der Waals surface area (Å²) in [5.41, 5.74) is 8.44. The molecular weight excluding hydrogens is 224 g/mol. The molecule has 18 heavy (non-hydrogen) atoms. The van der Waals surface area contributed by atoms with Crippen molar-refractivity contribution in [2.45, 2.75) is 38.9 Å². The summed E-state index contributed by atoms with van der Waals surface area (Å²) in [7, 11) is 0. The number of benzene rings is 1. The van der Waals surface area contributed by atoms with Crippen LogP contribution in [0.4, 0.5) is 0 Å². The van der Waals surface area contributed by atoms with Gasteiger partial charge >= 0.3 is 0 Å². The summed E-state index contributed by atoms with van der Waals surface area (Å²) >= 11 is 0. The van der Waals surface area contributed by atoms with Gasteiger partial charge in [-0.3, -0.25) is 4.90 Å². The maximum atomic E-state index is 5.81. The molecule has 0 spiro atoms. The molecule has 1 aromatic rings. The van der Waals surface area contributed by atoms with Gasteiger partial charge in [-0.2, -0.15) is 0 Å². The summed E-state index contributed by atoms with van der Waals surface area (Å²) in [6.45, 7) is 6.76. The van der Waals surface area contributed by atoms with E-state index < -0.39 is 0 Å². The summed E-state index contributed by atoms with van der Waals surface area (Å²) in [5, 5.41) is 0. The van der Waals surface area contributed by atoms with Gasteiger partial charge in [0.25, 0.3) is 0 Å². The van der Waals surface area contributed by atoms with Crippen molar-refractivity contribution in [2.24, 2.45) is 5.73 Å². The standard InChI is InChI=1S/C15H24N2O/c1-2-17(15-7-9-18-10-8-15)12-14-6-4-3-5-13(14)11-16/h3-6,15H,2,7-12,16H2,1H3. The predicted molar refractivity (Wildman–Crippen MR) is 74.3 cm³/mol. The first kappa shape index (κ1) is 13.5. The number of hydrogen-bond donors (Lipinski definition) is 1. The molecule has 1 aliphatic heterocycles. The van der Waals surface area contributed by atoms with Crippen LogP contribution in [-0.4, -0.2) is 30.7 Å². The van der Waals surface area contributed by atoms with Crippen molar-refractivity contribution < 1.29 is 4.74 Å². The lowest BCUT2D eigenvalue weighted by Gasteiger charge is -2.33. The molecule has 3 nitrogen and oxygen atoms in total. The Morgan fingerprint density at radius 3 is 2.50 bits per heavy atom. The van der Waals surface area contributed by atoms with Crippen LogP contribution in [0, 0.1) is 0 Å². The van der Waals surface area contributed by atoms with Crippen molar-refractivity contribution in [2.75, 3.05) is 19.8 Å². The molecule has 0 aromatic heterocycles. The van der Waals surface area contributed by atoms with Crippen molar-refractivity contribution >= 4 is 0 Å². The fourth-order valence-corrected chi connectivity index (χ4v) is 2.68. The second-order valence-electron chi connectivity index (χ2n) is 4.88. The van der Waals surface area contributed by atoms with Crippen LogP contribution in [0.25, 0.3) is 0 Å². The van der Waals surface area contributed by atoms with Crippen molar-refractivity contribution in [3.8, 4) is 0 Å². The summed E-state index contributed by atoms with van der Waals surface area (Å²) in [6.07, 6.45) is 2.30. The molecule has 2 rings (SSSR count). The van der Waals surface area contributed by atoms with E-state index in [9.17, 15) is 0 Å². The third-order valence-corrected chi connectivity index (χ3v) is 3.83. The van der Waals surface area contributed by atoms with Crippen LogP contribution in [0.1, 0.15) is 30.9 Å². The van der Waals surface area contributed by atoms with Crippen LogP contribution in [0.15, 0.2) is 24.3 Å². The Labute approximate surface area is 110 Å². The molecular formula is C15H24N2O. The Bertz CT molecular complexity index is 361. The maximum Gasteiger partial charge on any atom is 0.0480 e. The quantitative estimate of drug-likeness (QED) is 0.867. The van der Waals surface area contributed by atoms with Gasteiger partial charge in [0, 0.05) is 32.3 Å². The monoisotopic (exact) mass is 248 g/mol. The molecule has 0 aliphatic carbocycles. The first-order chi connectivity index (χ1) is 8.85. The highest BCUT2D eigenvalue weighted by atomic mass is 16.5. The third-order valence-electron chi connectivity index (χ3n) is 3.83. The SMILES string of the molecule is CCN(Cc1ccccc1CN)C1CCOCC1. The molecule has 0 bridgehead atoms. The molecule has 1 heterocycles. The Morgan fingerprint density at radius 1 is 1.22 bits per heavy atom. The highest BCUT2D eigenvalue weighted by molar-refractivity contribution is 5.26. The van der Waals surface area contributed by atoms with E-state index in [0.29, 0.717) is 12.6 Å². The van der Waals surface area contributed by atoms with Crippen LogP contribution >= 0.6 is 0 Å². The lowest BCUT2D eigenvalue weighted by molar-refractivity contribution is 0.0329. The van der Waals surface area contributed by atoms with Crippen molar-refractivity contribution in [1.82, 2.24) is 4.90 Å². The van der Waals surface area contributed by atoms with E-state index in [1.165, 1.54) is 11.1 Å². The van der Waals surface area contributed by atoms with Gasteiger partial charge in [0.2, 0.25) is 0 Å². The number of ether oxygens (including phenoxy) is 1. The number of rotatable bonds is 5. The fourth-order valence-electron chi connectivity index (χ4n) is 2.68. The molecule has 3 heteroatoms. The van der Waals surface area contributed by atoms with Crippen molar-refractivity contribution in [3.05, 3.63) is 35.4 Å². The summed E-state index contributed by atoms with van der Waals surface area (Å²) in [6, 6.07) is 9.16. The topological polar surface area (TPSA) is 38.5 Å². The first-order valence-corrected chi connectivity index (χ1v) is 6.93. The molecule has 1 aromatic carbocycles. The zero-order chi connectivity index (χ0) is 12.8. The molecule has 0 saturated carbocycles. The number of nitrogens with two attached hydrogens (primary N) is 1. The zero-order valence-electron chi connectivity index (χ0n) is 11.3. The van der Waals surface area contributed by atoms with Gasteiger partial charge in [-0.25, -0.2) is 0 Å². The Morgan fingerprint density at radius 2 is 1.89 bits per heavy atom. The van der Waals surface area contributed by atoms with Crippen LogP contribution in [0.5, 0.6) is 0 Å². The van der Waals surface area contributed by atoms with Crippen LogP contribution in [0.2, 0.25) is 0 Å². The van der Waals surface area contributed by atoms with Gasteiger partial charge in [-0.15, -0.1) is 0 Å². The Balaban J connectivity index is 2.04. The van der Waals surface area contributed by atoms with Gasteiger partial charge in [0.15, 0.2) is 0 Å². The minimum absolute atomic E-state index is 0.626. The molecule has 0 radical (unpaired) electrons. The van der Waals surface area contributed by atoms with Crippen LogP contribution < -0.4 is 5.73 Å². The lowest BCUT2D eigenvalue weighted by Crippen LogP contribution is -2.39. The van der Waals surface area contributed by atoms with E-state index in [1.54, 1.807) is 0 Å². The smallest absolute Gasteiger partial charge is 0.0480 e. The average Bonchev–Trinajstić information content (AvgIpc) is 2.46. The van der Waals surface area contributed by atoms with Crippen LogP contribution in [0.3, 0.4) is 0 Å². The number of hydrogen-bond acceptors (Lipinski definition) is 3. The second-order valence-corrected chi connectivity index (χ2v) is 4.88. The summed E-state index contributed by atoms with van der Waals surface area (Å²) < 4.78 is 5.44. The van der Waals surface area contributed by atoms with E-state index in [4.69, 9.17) is 10.5 Å². The van der Waals surface area contributed by atoms with E-state index in [0.717, 1.165) is 39.1 Å². The maximum absolute atomic E-state index is 5.81. The fraction of sp³-hybridized carbons (Fsp3) is 0.600. The van der Waals surface area contributed by atoms with Gasteiger partial charge in [0.05, 0.1) is 0 Å². The molecule has 100 valence electrons. The normalized spacial score (nSPS) is 17.3. The van der Waals surface area contributed by atoms with Gasteiger partial charge in [-0.05, 0) is 30.5 Å². The Kier molecular flexibility index (Phi) is 5.17. The average molecular weight is 248 g/mol. The van der Waals surface area contributed by atoms with E-state index in [1.807, 2.05) is 0 Å². The molecule has 0 atom stereocenters. The minimum atomic E-state index is 0.626. The minimum Gasteiger partial charge on any atom is -0.381 e. The molecule has 0 unspecified atom stereocenters. The molecule has 2 N–H and O–H groups in total. The number of nitrogens with zero attached hydrogens (tertiary/aromatic N) is 1. The van der Waals surface area contributed by atoms with Crippen molar-refractivity contribution in [3.63, 3.8) is 0 Å². The Hall–Kier alpha value is -0.900. The molecule has 1 aliphatic rings. The first-order valence-electron chi connectivity index (χ1n) is 6.93. The highest BCUT2D eigenvalue weighted by Gasteiger charge is 2.20. The predicted octanol–water partition coefficient (Wildman–Crippen LogP) is 2.15. The molecule has 1 saturated heterocycles. The summed E-state index contributed by atoms with van der Waals surface area (Å²) in [5.74, 6) is 0. The largest absolute Gasteiger partial charge is 0.381 e. The van der Waals surface area contributed by atoms with Gasteiger partial charge < -0.3 is 10.5 Å². The second kappa shape index (κ2) is 6.88. The van der Waals surface area contributed by atoms with E-state index in [2.05, 4.69) is 36.1 Å². The molecule has 0 amide bonds. The highest BCUT2D eigenvalue weighted by Crippen LogP contribution is 2.18. The van der Waals surface area contributed by atoms with Gasteiger partial charge in [0.1, 0.15) is 0 Å². The van der Waals surface area contributed by atoms with Crippen molar-refractivity contribution in [1.29, 1.82) is 0 Å². The zero-order valence-corrected chi connectivity index (χ0v) is 11.3. The third kappa shape index (κ3) is 3.31. The molecule has 1 fully saturated rings. The van der Waals surface area contributed by atoms with E-state index in [-0.39, 0.29) is 0 Å². The lowest BCUT2D eigenvalue weighted by atomic mass is 10.0.